The predicted octanol–water partition coefficient (Wildman–Crippen LogP) is 1.57. The largest absolute Gasteiger partial charge is 0.376 e. The third kappa shape index (κ3) is 2.53. The third-order valence-electron chi connectivity index (χ3n) is 3.76. The van der Waals surface area contributed by atoms with E-state index in [2.05, 4.69) is 5.32 Å². The summed E-state index contributed by atoms with van der Waals surface area (Å²) in [4.78, 5) is 13.6. The molecule has 1 aromatic rings. The fraction of sp³-hybridized carbons (Fsp3) is 0.500. The zero-order valence-electron chi connectivity index (χ0n) is 10.9. The van der Waals surface area contributed by atoms with E-state index in [0.717, 1.165) is 31.6 Å². The second-order valence-corrected chi connectivity index (χ2v) is 5.14. The fourth-order valence-electron chi connectivity index (χ4n) is 2.73. The van der Waals surface area contributed by atoms with Gasteiger partial charge in [0.15, 0.2) is 11.6 Å². The Kier molecular flexibility index (Phi) is 3.67. The van der Waals surface area contributed by atoms with Crippen LogP contribution in [0.5, 0.6) is 0 Å². The number of halogens is 2. The van der Waals surface area contributed by atoms with Crippen molar-refractivity contribution in [2.75, 3.05) is 19.7 Å². The molecule has 1 N–H and O–H groups in total. The van der Waals surface area contributed by atoms with Crippen molar-refractivity contribution in [3.8, 4) is 0 Å². The lowest BCUT2D eigenvalue weighted by Crippen LogP contribution is -2.36. The minimum atomic E-state index is -0.902. The first kappa shape index (κ1) is 13.5. The number of benzene rings is 1. The van der Waals surface area contributed by atoms with E-state index in [4.69, 9.17) is 4.74 Å². The number of hydrogen-bond acceptors (Lipinski definition) is 3. The summed E-state index contributed by atoms with van der Waals surface area (Å²) in [5, 5.41) is 3.03. The van der Waals surface area contributed by atoms with Gasteiger partial charge in [0.05, 0.1) is 12.6 Å². The SMILES string of the molecule is O=C1CNC(c2ccc(F)c(F)c2)N1CC1CCCO1. The van der Waals surface area contributed by atoms with Gasteiger partial charge >= 0.3 is 0 Å². The van der Waals surface area contributed by atoms with Gasteiger partial charge in [-0.05, 0) is 30.5 Å². The quantitative estimate of drug-likeness (QED) is 0.915. The molecule has 2 unspecified atom stereocenters. The normalized spacial score (nSPS) is 26.5. The molecular formula is C14H16F2N2O2. The molecule has 0 aliphatic carbocycles. The maximum Gasteiger partial charge on any atom is 0.238 e. The number of carbonyl (C=O) groups excluding carboxylic acids is 1. The fourth-order valence-corrected chi connectivity index (χ4v) is 2.73. The summed E-state index contributed by atoms with van der Waals surface area (Å²) < 4.78 is 31.9. The summed E-state index contributed by atoms with van der Waals surface area (Å²) in [6.07, 6.45) is 1.54. The summed E-state index contributed by atoms with van der Waals surface area (Å²) in [6.45, 7) is 1.40. The highest BCUT2D eigenvalue weighted by Crippen LogP contribution is 2.26. The van der Waals surface area contributed by atoms with Crippen molar-refractivity contribution in [3.63, 3.8) is 0 Å². The van der Waals surface area contributed by atoms with E-state index in [1.807, 2.05) is 0 Å². The van der Waals surface area contributed by atoms with Crippen molar-refractivity contribution in [2.45, 2.75) is 25.1 Å². The molecule has 1 aromatic carbocycles. The van der Waals surface area contributed by atoms with Crippen molar-refractivity contribution in [1.29, 1.82) is 0 Å². The van der Waals surface area contributed by atoms with Gasteiger partial charge in [-0.15, -0.1) is 0 Å². The Morgan fingerprint density at radius 2 is 2.20 bits per heavy atom. The molecule has 2 aliphatic rings. The van der Waals surface area contributed by atoms with Crippen LogP contribution < -0.4 is 5.32 Å². The first-order chi connectivity index (χ1) is 9.65. The minimum absolute atomic E-state index is 0.0339. The van der Waals surface area contributed by atoms with E-state index in [1.54, 1.807) is 4.90 Å². The average molecular weight is 282 g/mol. The molecule has 108 valence electrons. The Balaban J connectivity index is 1.79. The van der Waals surface area contributed by atoms with Gasteiger partial charge in [-0.25, -0.2) is 8.78 Å². The predicted molar refractivity (Wildman–Crippen MR) is 67.8 cm³/mol. The summed E-state index contributed by atoms with van der Waals surface area (Å²) >= 11 is 0. The zero-order chi connectivity index (χ0) is 14.1. The van der Waals surface area contributed by atoms with Crippen LogP contribution in [-0.4, -0.2) is 36.6 Å². The van der Waals surface area contributed by atoms with Crippen LogP contribution in [0.25, 0.3) is 0 Å². The molecule has 0 aromatic heterocycles. The summed E-state index contributed by atoms with van der Waals surface area (Å²) in [6, 6.07) is 3.71. The standard InChI is InChI=1S/C14H16F2N2O2/c15-11-4-3-9(6-12(11)16)14-17-7-13(19)18(14)8-10-2-1-5-20-10/h3-4,6,10,14,17H,1-2,5,7-8H2. The van der Waals surface area contributed by atoms with Gasteiger partial charge in [-0.2, -0.15) is 0 Å². The van der Waals surface area contributed by atoms with E-state index in [-0.39, 0.29) is 18.6 Å². The molecule has 6 heteroatoms. The van der Waals surface area contributed by atoms with E-state index in [0.29, 0.717) is 12.1 Å². The molecule has 2 heterocycles. The van der Waals surface area contributed by atoms with Crippen LogP contribution >= 0.6 is 0 Å². The van der Waals surface area contributed by atoms with Gasteiger partial charge in [0, 0.05) is 13.2 Å². The van der Waals surface area contributed by atoms with Crippen LogP contribution in [0.1, 0.15) is 24.6 Å². The van der Waals surface area contributed by atoms with Gasteiger partial charge in [0.1, 0.15) is 6.17 Å². The monoisotopic (exact) mass is 282 g/mol. The van der Waals surface area contributed by atoms with Crippen LogP contribution in [0.4, 0.5) is 8.78 Å². The van der Waals surface area contributed by atoms with Gasteiger partial charge in [0.25, 0.3) is 0 Å². The van der Waals surface area contributed by atoms with Gasteiger partial charge in [0.2, 0.25) is 5.91 Å². The highest BCUT2D eigenvalue weighted by atomic mass is 19.2. The number of ether oxygens (including phenoxy) is 1. The maximum atomic E-state index is 13.3. The molecule has 0 saturated carbocycles. The Hall–Kier alpha value is -1.53. The Morgan fingerprint density at radius 1 is 1.35 bits per heavy atom. The number of nitrogens with one attached hydrogen (secondary N) is 1. The van der Waals surface area contributed by atoms with Crippen molar-refractivity contribution in [1.82, 2.24) is 10.2 Å². The molecule has 0 spiro atoms. The van der Waals surface area contributed by atoms with Gasteiger partial charge in [-0.3, -0.25) is 10.1 Å². The molecule has 1 amide bonds. The van der Waals surface area contributed by atoms with E-state index >= 15 is 0 Å². The smallest absolute Gasteiger partial charge is 0.238 e. The van der Waals surface area contributed by atoms with Crippen LogP contribution in [0.2, 0.25) is 0 Å². The summed E-state index contributed by atoms with van der Waals surface area (Å²) in [5.41, 5.74) is 0.549. The van der Waals surface area contributed by atoms with Crippen LogP contribution in [0.3, 0.4) is 0 Å². The van der Waals surface area contributed by atoms with Gasteiger partial charge in [-0.1, -0.05) is 6.07 Å². The van der Waals surface area contributed by atoms with E-state index in [1.165, 1.54) is 6.07 Å². The molecule has 4 nitrogen and oxygen atoms in total. The van der Waals surface area contributed by atoms with Gasteiger partial charge < -0.3 is 9.64 Å². The molecule has 0 bridgehead atoms. The first-order valence-corrected chi connectivity index (χ1v) is 6.74. The lowest BCUT2D eigenvalue weighted by Gasteiger charge is -2.27. The lowest BCUT2D eigenvalue weighted by molar-refractivity contribution is -0.129. The molecule has 2 aliphatic heterocycles. The molecule has 3 rings (SSSR count). The molecule has 2 saturated heterocycles. The van der Waals surface area contributed by atoms with E-state index in [9.17, 15) is 13.6 Å². The number of rotatable bonds is 3. The van der Waals surface area contributed by atoms with Crippen LogP contribution in [0.15, 0.2) is 18.2 Å². The van der Waals surface area contributed by atoms with Crippen LogP contribution in [0, 0.1) is 11.6 Å². The molecular weight excluding hydrogens is 266 g/mol. The average Bonchev–Trinajstić information content (AvgIpc) is 3.05. The zero-order valence-corrected chi connectivity index (χ0v) is 10.9. The highest BCUT2D eigenvalue weighted by molar-refractivity contribution is 5.81. The summed E-state index contributed by atoms with van der Waals surface area (Å²) in [7, 11) is 0. The number of amides is 1. The van der Waals surface area contributed by atoms with Crippen LogP contribution in [-0.2, 0) is 9.53 Å². The number of nitrogens with zero attached hydrogens (tertiary/aromatic N) is 1. The Labute approximate surface area is 115 Å². The second kappa shape index (κ2) is 5.46. The van der Waals surface area contributed by atoms with E-state index < -0.39 is 17.8 Å². The molecule has 20 heavy (non-hydrogen) atoms. The molecule has 2 atom stereocenters. The third-order valence-corrected chi connectivity index (χ3v) is 3.76. The highest BCUT2D eigenvalue weighted by Gasteiger charge is 2.34. The number of hydrogen-bond donors (Lipinski definition) is 1. The molecule has 0 radical (unpaired) electrons. The Morgan fingerprint density at radius 3 is 2.90 bits per heavy atom. The van der Waals surface area contributed by atoms with Crippen molar-refractivity contribution >= 4 is 5.91 Å². The van der Waals surface area contributed by atoms with Crippen molar-refractivity contribution < 1.29 is 18.3 Å². The second-order valence-electron chi connectivity index (χ2n) is 5.14. The lowest BCUT2D eigenvalue weighted by atomic mass is 10.1. The minimum Gasteiger partial charge on any atom is -0.376 e. The topological polar surface area (TPSA) is 41.6 Å². The van der Waals surface area contributed by atoms with Crippen molar-refractivity contribution in [3.05, 3.63) is 35.4 Å². The molecule has 2 fully saturated rings. The number of carbonyl (C=O) groups is 1. The summed E-state index contributed by atoms with van der Waals surface area (Å²) in [5.74, 6) is -1.83. The maximum absolute atomic E-state index is 13.3. The Bertz CT molecular complexity index is 518. The van der Waals surface area contributed by atoms with Crippen molar-refractivity contribution in [2.24, 2.45) is 0 Å². The first-order valence-electron chi connectivity index (χ1n) is 6.74.